The number of hydrogen-bond donors (Lipinski definition) is 1. The highest BCUT2D eigenvalue weighted by Crippen LogP contribution is 2.33. The Morgan fingerprint density at radius 2 is 2.15 bits per heavy atom. The van der Waals surface area contributed by atoms with Crippen LogP contribution in [0.15, 0.2) is 11.1 Å². The molecule has 2 heterocycles. The number of ether oxygens (including phenoxy) is 1. The molecule has 0 aliphatic heterocycles. The first-order valence-corrected chi connectivity index (χ1v) is 10.3. The summed E-state index contributed by atoms with van der Waals surface area (Å²) in [7, 11) is 0. The molecule has 0 aromatic carbocycles. The molecule has 3 rings (SSSR count). The number of aromatic nitrogens is 2. The van der Waals surface area contributed by atoms with Crippen LogP contribution in [0.5, 0.6) is 0 Å². The number of carbonyl (C=O) groups excluding carboxylic acids is 2. The zero-order valence-corrected chi connectivity index (χ0v) is 16.4. The molecule has 1 aliphatic carbocycles. The number of carbonyl (C=O) groups is 2. The normalized spacial score (nSPS) is 13.4. The van der Waals surface area contributed by atoms with Gasteiger partial charge in [0.05, 0.1) is 18.3 Å². The molecule has 1 aliphatic rings. The number of nitrogens with zero attached hydrogens (tertiary/aromatic N) is 2. The second kappa shape index (κ2) is 9.12. The summed E-state index contributed by atoms with van der Waals surface area (Å²) in [6, 6.07) is 0. The Kier molecular flexibility index (Phi) is 6.60. The predicted octanol–water partition coefficient (Wildman–Crippen LogP) is 2.19. The van der Waals surface area contributed by atoms with E-state index in [9.17, 15) is 14.4 Å². The zero-order valence-electron chi connectivity index (χ0n) is 15.6. The van der Waals surface area contributed by atoms with Crippen molar-refractivity contribution in [3.8, 4) is 0 Å². The van der Waals surface area contributed by atoms with Crippen molar-refractivity contribution in [3.05, 3.63) is 27.1 Å². The van der Waals surface area contributed by atoms with Gasteiger partial charge < -0.3 is 10.1 Å². The Hall–Kier alpha value is -2.22. The topological polar surface area (TPSA) is 90.3 Å². The average molecular weight is 391 g/mol. The summed E-state index contributed by atoms with van der Waals surface area (Å²) < 4.78 is 6.48. The molecule has 0 saturated heterocycles. The van der Waals surface area contributed by atoms with Crippen LogP contribution in [0, 0.1) is 0 Å². The van der Waals surface area contributed by atoms with Gasteiger partial charge in [-0.2, -0.15) is 0 Å². The molecule has 146 valence electrons. The smallest absolute Gasteiger partial charge is 0.325 e. The fourth-order valence-corrected chi connectivity index (χ4v) is 4.42. The number of unbranched alkanes of at least 4 members (excludes halogenated alkanes) is 1. The number of fused-ring (bicyclic) bond motifs is 3. The molecule has 0 bridgehead atoms. The third-order valence-corrected chi connectivity index (χ3v) is 5.91. The fraction of sp³-hybridized carbons (Fsp3) is 0.579. The van der Waals surface area contributed by atoms with Crippen LogP contribution in [-0.4, -0.2) is 34.6 Å². The molecule has 0 fully saturated rings. The van der Waals surface area contributed by atoms with Crippen molar-refractivity contribution in [2.75, 3.05) is 13.2 Å². The Labute approximate surface area is 161 Å². The summed E-state index contributed by atoms with van der Waals surface area (Å²) in [4.78, 5) is 42.8. The van der Waals surface area contributed by atoms with Crippen molar-refractivity contribution in [1.29, 1.82) is 0 Å². The molecular weight excluding hydrogens is 366 g/mol. The Bertz CT molecular complexity index is 887. The molecule has 0 atom stereocenters. The first-order chi connectivity index (χ1) is 13.1. The van der Waals surface area contributed by atoms with Crippen LogP contribution >= 0.6 is 11.3 Å². The number of amides is 1. The van der Waals surface area contributed by atoms with E-state index in [1.807, 2.05) is 6.92 Å². The van der Waals surface area contributed by atoms with E-state index in [0.717, 1.165) is 54.3 Å². The molecule has 2 aromatic heterocycles. The number of aryl methyl sites for hydroxylation is 3. The number of thiophene rings is 1. The molecule has 0 radical (unpaired) electrons. The molecule has 2 aromatic rings. The van der Waals surface area contributed by atoms with Crippen molar-refractivity contribution < 1.29 is 14.3 Å². The highest BCUT2D eigenvalue weighted by molar-refractivity contribution is 7.18. The summed E-state index contributed by atoms with van der Waals surface area (Å²) in [6.45, 7) is 2.47. The first kappa shape index (κ1) is 19.5. The average Bonchev–Trinajstić information content (AvgIpc) is 3.05. The molecule has 0 spiro atoms. The van der Waals surface area contributed by atoms with E-state index in [2.05, 4.69) is 10.3 Å². The summed E-state index contributed by atoms with van der Waals surface area (Å²) >= 11 is 1.61. The van der Waals surface area contributed by atoms with Gasteiger partial charge in [0, 0.05) is 17.8 Å². The molecule has 0 unspecified atom stereocenters. The predicted molar refractivity (Wildman–Crippen MR) is 104 cm³/mol. The highest BCUT2D eigenvalue weighted by Gasteiger charge is 2.20. The Morgan fingerprint density at radius 3 is 2.96 bits per heavy atom. The van der Waals surface area contributed by atoms with E-state index < -0.39 is 5.97 Å². The van der Waals surface area contributed by atoms with Crippen molar-refractivity contribution in [3.63, 3.8) is 0 Å². The van der Waals surface area contributed by atoms with E-state index >= 15 is 0 Å². The van der Waals surface area contributed by atoms with Crippen molar-refractivity contribution in [2.24, 2.45) is 0 Å². The Balaban J connectivity index is 1.57. The van der Waals surface area contributed by atoms with E-state index in [0.29, 0.717) is 6.61 Å². The number of rotatable bonds is 8. The van der Waals surface area contributed by atoms with Gasteiger partial charge >= 0.3 is 5.97 Å². The first-order valence-electron chi connectivity index (χ1n) is 9.52. The largest absolute Gasteiger partial charge is 0.464 e. The lowest BCUT2D eigenvalue weighted by molar-refractivity contribution is -0.144. The van der Waals surface area contributed by atoms with Gasteiger partial charge in [0.2, 0.25) is 5.91 Å². The lowest BCUT2D eigenvalue weighted by atomic mass is 9.97. The van der Waals surface area contributed by atoms with Crippen LogP contribution in [0.25, 0.3) is 10.2 Å². The van der Waals surface area contributed by atoms with Gasteiger partial charge in [0.1, 0.15) is 11.4 Å². The monoisotopic (exact) mass is 391 g/mol. The maximum atomic E-state index is 12.8. The van der Waals surface area contributed by atoms with Gasteiger partial charge in [0.25, 0.3) is 5.56 Å². The summed E-state index contributed by atoms with van der Waals surface area (Å²) in [6.07, 6.45) is 7.59. The van der Waals surface area contributed by atoms with Gasteiger partial charge in [-0.05, 0) is 37.7 Å². The van der Waals surface area contributed by atoms with E-state index in [1.54, 1.807) is 11.3 Å². The summed E-state index contributed by atoms with van der Waals surface area (Å²) in [5.74, 6) is -0.733. The van der Waals surface area contributed by atoms with Gasteiger partial charge in [0.15, 0.2) is 0 Å². The number of esters is 1. The van der Waals surface area contributed by atoms with Crippen molar-refractivity contribution in [2.45, 2.75) is 58.4 Å². The van der Waals surface area contributed by atoms with Gasteiger partial charge in [-0.1, -0.05) is 13.3 Å². The third-order valence-electron chi connectivity index (χ3n) is 4.71. The van der Waals surface area contributed by atoms with Crippen LogP contribution in [0.3, 0.4) is 0 Å². The van der Waals surface area contributed by atoms with E-state index in [-0.39, 0.29) is 31.0 Å². The lowest BCUT2D eigenvalue weighted by Crippen LogP contribution is -2.32. The van der Waals surface area contributed by atoms with Crippen molar-refractivity contribution in [1.82, 2.24) is 14.9 Å². The molecular formula is C19H25N3O4S. The molecule has 1 N–H and O–H groups in total. The SMILES string of the molecule is CCCCOC(=O)CNC(=O)CCn1cnc2sc3c(c2c1=O)CCCC3. The zero-order chi connectivity index (χ0) is 19.2. The van der Waals surface area contributed by atoms with Gasteiger partial charge in [-0.3, -0.25) is 19.0 Å². The van der Waals surface area contributed by atoms with Crippen LogP contribution in [0.2, 0.25) is 0 Å². The fourth-order valence-electron chi connectivity index (χ4n) is 3.20. The van der Waals surface area contributed by atoms with E-state index in [1.165, 1.54) is 15.8 Å². The third kappa shape index (κ3) is 4.74. The minimum atomic E-state index is -0.443. The van der Waals surface area contributed by atoms with Crippen LogP contribution in [-0.2, 0) is 33.7 Å². The summed E-state index contributed by atoms with van der Waals surface area (Å²) in [5, 5.41) is 3.25. The second-order valence-electron chi connectivity index (χ2n) is 6.73. The second-order valence-corrected chi connectivity index (χ2v) is 7.82. The van der Waals surface area contributed by atoms with Crippen LogP contribution in [0.1, 0.15) is 49.5 Å². The minimum absolute atomic E-state index is 0.0776. The van der Waals surface area contributed by atoms with Crippen LogP contribution in [0.4, 0.5) is 0 Å². The maximum Gasteiger partial charge on any atom is 0.325 e. The minimum Gasteiger partial charge on any atom is -0.464 e. The lowest BCUT2D eigenvalue weighted by Gasteiger charge is -2.10. The van der Waals surface area contributed by atoms with Gasteiger partial charge in [-0.25, -0.2) is 4.98 Å². The molecule has 0 saturated carbocycles. The van der Waals surface area contributed by atoms with Crippen LogP contribution < -0.4 is 10.9 Å². The molecule has 27 heavy (non-hydrogen) atoms. The number of hydrogen-bond acceptors (Lipinski definition) is 6. The maximum absolute atomic E-state index is 12.8. The van der Waals surface area contributed by atoms with E-state index in [4.69, 9.17) is 4.74 Å². The Morgan fingerprint density at radius 1 is 1.33 bits per heavy atom. The number of nitrogens with one attached hydrogen (secondary N) is 1. The quantitative estimate of drug-likeness (QED) is 0.550. The molecule has 7 nitrogen and oxygen atoms in total. The molecule has 8 heteroatoms. The highest BCUT2D eigenvalue weighted by atomic mass is 32.1. The molecule has 1 amide bonds. The standard InChI is InChI=1S/C19H25N3O4S/c1-2-3-10-26-16(24)11-20-15(23)8-9-22-12-21-18-17(19(22)25)13-6-4-5-7-14(13)27-18/h12H,2-11H2,1H3,(H,20,23). The summed E-state index contributed by atoms with van der Waals surface area (Å²) in [5.41, 5.74) is 1.07. The van der Waals surface area contributed by atoms with Crippen molar-refractivity contribution >= 4 is 33.4 Å². The van der Waals surface area contributed by atoms with Gasteiger partial charge in [-0.15, -0.1) is 11.3 Å².